The van der Waals surface area contributed by atoms with Crippen LogP contribution < -0.4 is 0 Å². The zero-order valence-corrected chi connectivity index (χ0v) is 8.90. The van der Waals surface area contributed by atoms with E-state index in [1.807, 2.05) is 0 Å². The Kier molecular flexibility index (Phi) is 5.73. The summed E-state index contributed by atoms with van der Waals surface area (Å²) in [4.78, 5) is 0. The number of allylic oxidation sites excluding steroid dienone is 3. The highest BCUT2D eigenvalue weighted by atomic mass is 16.5. The molecule has 12 heavy (non-hydrogen) atoms. The van der Waals surface area contributed by atoms with Crippen molar-refractivity contribution >= 4 is 0 Å². The molecule has 0 atom stereocenters. The lowest BCUT2D eigenvalue weighted by Gasteiger charge is -2.06. The lowest BCUT2D eigenvalue weighted by atomic mass is 10.1. The molecule has 0 aromatic heterocycles. The summed E-state index contributed by atoms with van der Waals surface area (Å²) in [5, 5.41) is 0. The van der Waals surface area contributed by atoms with Crippen molar-refractivity contribution in [1.82, 2.24) is 0 Å². The fourth-order valence-electron chi connectivity index (χ4n) is 1.20. The number of rotatable bonds is 4. The van der Waals surface area contributed by atoms with Crippen LogP contribution in [0.1, 0.15) is 34.1 Å². The quantitative estimate of drug-likeness (QED) is 0.585. The Labute approximate surface area is 76.1 Å². The van der Waals surface area contributed by atoms with Gasteiger partial charge in [0.05, 0.1) is 6.61 Å². The smallest absolute Gasteiger partial charge is 0.0678 e. The third-order valence-corrected chi connectivity index (χ3v) is 1.81. The second kappa shape index (κ2) is 6.01. The zero-order valence-electron chi connectivity index (χ0n) is 8.90. The molecule has 0 heterocycles. The summed E-state index contributed by atoms with van der Waals surface area (Å²) in [6.07, 6.45) is 3.28. The van der Waals surface area contributed by atoms with Gasteiger partial charge in [0, 0.05) is 7.11 Å². The summed E-state index contributed by atoms with van der Waals surface area (Å²) in [5.74, 6) is 0. The Morgan fingerprint density at radius 3 is 2.17 bits per heavy atom. The van der Waals surface area contributed by atoms with Crippen LogP contribution in [-0.4, -0.2) is 13.7 Å². The van der Waals surface area contributed by atoms with Crippen LogP contribution in [0.5, 0.6) is 0 Å². The van der Waals surface area contributed by atoms with Crippen molar-refractivity contribution in [3.05, 3.63) is 22.8 Å². The molecule has 1 heteroatoms. The predicted molar refractivity (Wildman–Crippen MR) is 54.3 cm³/mol. The Balaban J connectivity index is 4.48. The maximum Gasteiger partial charge on any atom is 0.0678 e. The normalized spacial score (nSPS) is 12.4. The largest absolute Gasteiger partial charge is 0.380 e. The Bertz CT molecular complexity index is 183. The van der Waals surface area contributed by atoms with E-state index < -0.39 is 0 Å². The molecule has 1 nitrogen and oxygen atoms in total. The van der Waals surface area contributed by atoms with Crippen molar-refractivity contribution in [2.45, 2.75) is 34.1 Å². The highest BCUT2D eigenvalue weighted by Gasteiger charge is 1.96. The number of ether oxygens (including phenoxy) is 1. The average Bonchev–Trinajstić information content (AvgIpc) is 1.98. The van der Waals surface area contributed by atoms with Crippen molar-refractivity contribution in [1.29, 1.82) is 0 Å². The molecule has 0 aromatic rings. The van der Waals surface area contributed by atoms with Gasteiger partial charge in [-0.15, -0.1) is 0 Å². The van der Waals surface area contributed by atoms with E-state index in [1.54, 1.807) is 7.11 Å². The van der Waals surface area contributed by atoms with E-state index in [-0.39, 0.29) is 0 Å². The molecule has 0 fully saturated rings. The monoisotopic (exact) mass is 168 g/mol. The fourth-order valence-corrected chi connectivity index (χ4v) is 1.20. The fraction of sp³-hybridized carbons (Fsp3) is 0.636. The minimum Gasteiger partial charge on any atom is -0.380 e. The zero-order chi connectivity index (χ0) is 9.56. The molecule has 0 rings (SSSR count). The summed E-state index contributed by atoms with van der Waals surface area (Å²) in [6, 6.07) is 0. The molecular weight excluding hydrogens is 148 g/mol. The second-order valence-electron chi connectivity index (χ2n) is 3.29. The van der Waals surface area contributed by atoms with Crippen molar-refractivity contribution in [2.75, 3.05) is 13.7 Å². The van der Waals surface area contributed by atoms with E-state index in [0.29, 0.717) is 0 Å². The van der Waals surface area contributed by atoms with Gasteiger partial charge in [0.25, 0.3) is 0 Å². The highest BCUT2D eigenvalue weighted by Crippen LogP contribution is 2.11. The lowest BCUT2D eigenvalue weighted by molar-refractivity contribution is 0.223. The predicted octanol–water partition coefficient (Wildman–Crippen LogP) is 3.33. The molecule has 0 aliphatic heterocycles. The van der Waals surface area contributed by atoms with Gasteiger partial charge in [-0.2, -0.15) is 0 Å². The first-order valence-electron chi connectivity index (χ1n) is 4.44. The molecule has 0 N–H and O–H groups in total. The van der Waals surface area contributed by atoms with Crippen molar-refractivity contribution < 1.29 is 4.74 Å². The van der Waals surface area contributed by atoms with Gasteiger partial charge >= 0.3 is 0 Å². The van der Waals surface area contributed by atoms with Crippen LogP contribution in [0.15, 0.2) is 22.8 Å². The summed E-state index contributed by atoms with van der Waals surface area (Å²) in [6.45, 7) is 9.29. The summed E-state index contributed by atoms with van der Waals surface area (Å²) >= 11 is 0. The molecule has 0 aromatic carbocycles. The van der Waals surface area contributed by atoms with E-state index >= 15 is 0 Å². The van der Waals surface area contributed by atoms with Gasteiger partial charge in [-0.25, -0.2) is 0 Å². The Morgan fingerprint density at radius 1 is 1.25 bits per heavy atom. The summed E-state index contributed by atoms with van der Waals surface area (Å²) in [7, 11) is 1.74. The molecule has 0 unspecified atom stereocenters. The summed E-state index contributed by atoms with van der Waals surface area (Å²) in [5.41, 5.74) is 4.08. The van der Waals surface area contributed by atoms with E-state index in [0.717, 1.165) is 13.0 Å². The molecule has 0 radical (unpaired) electrons. The van der Waals surface area contributed by atoms with E-state index in [2.05, 4.69) is 33.8 Å². The first kappa shape index (κ1) is 11.4. The van der Waals surface area contributed by atoms with Crippen molar-refractivity contribution in [3.8, 4) is 0 Å². The van der Waals surface area contributed by atoms with Crippen LogP contribution in [0.2, 0.25) is 0 Å². The molecule has 0 aliphatic rings. The van der Waals surface area contributed by atoms with E-state index in [1.165, 1.54) is 16.7 Å². The van der Waals surface area contributed by atoms with Crippen LogP contribution in [0.25, 0.3) is 0 Å². The lowest BCUT2D eigenvalue weighted by Crippen LogP contribution is -1.95. The van der Waals surface area contributed by atoms with Crippen LogP contribution in [-0.2, 0) is 4.74 Å². The van der Waals surface area contributed by atoms with E-state index in [4.69, 9.17) is 4.74 Å². The number of hydrogen-bond acceptors (Lipinski definition) is 1. The van der Waals surface area contributed by atoms with Crippen molar-refractivity contribution in [2.24, 2.45) is 0 Å². The molecule has 0 saturated heterocycles. The third kappa shape index (κ3) is 4.35. The first-order valence-corrected chi connectivity index (χ1v) is 4.44. The molecular formula is C11H20O. The Morgan fingerprint density at radius 2 is 1.83 bits per heavy atom. The average molecular weight is 168 g/mol. The Hall–Kier alpha value is -0.560. The molecule has 70 valence electrons. The molecule has 0 amide bonds. The number of hydrogen-bond donors (Lipinski definition) is 0. The SMILES string of the molecule is CC/C(COC)=C(/C)C=C(C)C. The maximum absolute atomic E-state index is 5.11. The van der Waals surface area contributed by atoms with Crippen molar-refractivity contribution in [3.63, 3.8) is 0 Å². The first-order chi connectivity index (χ1) is 5.61. The molecule has 0 bridgehead atoms. The van der Waals surface area contributed by atoms with Gasteiger partial charge in [0.1, 0.15) is 0 Å². The van der Waals surface area contributed by atoms with Gasteiger partial charge in [-0.1, -0.05) is 18.6 Å². The van der Waals surface area contributed by atoms with Gasteiger partial charge in [0.15, 0.2) is 0 Å². The van der Waals surface area contributed by atoms with Gasteiger partial charge < -0.3 is 4.74 Å². The molecule has 0 spiro atoms. The van der Waals surface area contributed by atoms with Gasteiger partial charge in [-0.3, -0.25) is 0 Å². The van der Waals surface area contributed by atoms with Crippen LogP contribution >= 0.6 is 0 Å². The van der Waals surface area contributed by atoms with Crippen LogP contribution in [0.4, 0.5) is 0 Å². The van der Waals surface area contributed by atoms with Crippen LogP contribution in [0, 0.1) is 0 Å². The summed E-state index contributed by atoms with van der Waals surface area (Å²) < 4.78 is 5.11. The molecule has 0 aliphatic carbocycles. The van der Waals surface area contributed by atoms with Crippen LogP contribution in [0.3, 0.4) is 0 Å². The molecule has 0 saturated carbocycles. The second-order valence-corrected chi connectivity index (χ2v) is 3.29. The number of methoxy groups -OCH3 is 1. The maximum atomic E-state index is 5.11. The standard InChI is InChI=1S/C11H20O/c1-6-11(8-12-5)10(4)7-9(2)3/h7H,6,8H2,1-5H3/b11-10+. The van der Waals surface area contributed by atoms with Gasteiger partial charge in [0.2, 0.25) is 0 Å². The third-order valence-electron chi connectivity index (χ3n) is 1.81. The minimum atomic E-state index is 0.756. The minimum absolute atomic E-state index is 0.756. The van der Waals surface area contributed by atoms with Gasteiger partial charge in [-0.05, 0) is 38.3 Å². The topological polar surface area (TPSA) is 9.23 Å². The highest BCUT2D eigenvalue weighted by molar-refractivity contribution is 5.26. The van der Waals surface area contributed by atoms with E-state index in [9.17, 15) is 0 Å².